The maximum absolute atomic E-state index is 13.0. The summed E-state index contributed by atoms with van der Waals surface area (Å²) in [7, 11) is 3.21. The second kappa shape index (κ2) is 10.5. The molecule has 1 aromatic carbocycles. The summed E-state index contributed by atoms with van der Waals surface area (Å²) in [5.74, 6) is 2.36. The van der Waals surface area contributed by atoms with Crippen LogP contribution in [0, 0.1) is 0 Å². The lowest BCUT2D eigenvalue weighted by Crippen LogP contribution is -2.50. The summed E-state index contributed by atoms with van der Waals surface area (Å²) >= 11 is 5.93. The van der Waals surface area contributed by atoms with Crippen molar-refractivity contribution < 1.29 is 19.1 Å². The number of halogens is 1. The normalized spacial score (nSPS) is 20.3. The van der Waals surface area contributed by atoms with Gasteiger partial charge in [0.05, 0.1) is 19.2 Å². The van der Waals surface area contributed by atoms with Crippen LogP contribution in [0.4, 0.5) is 5.82 Å². The molecule has 1 N–H and O–H groups in total. The van der Waals surface area contributed by atoms with Crippen LogP contribution in [0.3, 0.4) is 0 Å². The minimum absolute atomic E-state index is 0.0389. The number of anilines is 1. The van der Waals surface area contributed by atoms with Crippen LogP contribution in [-0.2, 0) is 16.0 Å². The molecule has 0 aliphatic carbocycles. The molecule has 0 spiro atoms. The Morgan fingerprint density at radius 2 is 1.88 bits per heavy atom. The maximum atomic E-state index is 13.0. The van der Waals surface area contributed by atoms with E-state index in [4.69, 9.17) is 21.1 Å². The van der Waals surface area contributed by atoms with Crippen LogP contribution in [0.2, 0.25) is 5.02 Å². The number of nitrogens with one attached hydrogen (secondary N) is 1. The summed E-state index contributed by atoms with van der Waals surface area (Å²) in [5.41, 5.74) is 0.609. The van der Waals surface area contributed by atoms with Crippen molar-refractivity contribution in [2.45, 2.75) is 37.6 Å². The summed E-state index contributed by atoms with van der Waals surface area (Å²) in [6.07, 6.45) is 4.47. The van der Waals surface area contributed by atoms with Crippen LogP contribution < -0.4 is 19.7 Å². The Morgan fingerprint density at radius 3 is 2.50 bits per heavy atom. The minimum Gasteiger partial charge on any atom is -0.493 e. The number of hydrogen-bond donors (Lipinski definition) is 1. The van der Waals surface area contributed by atoms with Gasteiger partial charge in [-0.05, 0) is 49.1 Å². The summed E-state index contributed by atoms with van der Waals surface area (Å²) in [5, 5.41) is 3.77. The van der Waals surface area contributed by atoms with E-state index in [1.54, 1.807) is 20.4 Å². The molecule has 1 atom stereocenters. The number of aromatic nitrogens is 1. The molecule has 4 rings (SSSR count). The minimum atomic E-state index is -0.429. The van der Waals surface area contributed by atoms with E-state index in [1.807, 2.05) is 35.2 Å². The van der Waals surface area contributed by atoms with Gasteiger partial charge in [0, 0.05) is 50.8 Å². The molecule has 0 bridgehead atoms. The number of amides is 2. The van der Waals surface area contributed by atoms with Crippen LogP contribution >= 0.6 is 11.6 Å². The molecule has 34 heavy (non-hydrogen) atoms. The van der Waals surface area contributed by atoms with Gasteiger partial charge in [-0.15, -0.1) is 0 Å². The molecule has 0 radical (unpaired) electrons. The van der Waals surface area contributed by atoms with E-state index in [-0.39, 0.29) is 11.8 Å². The zero-order valence-electron chi connectivity index (χ0n) is 19.7. The second-order valence-corrected chi connectivity index (χ2v) is 9.33. The molecule has 8 nitrogen and oxygen atoms in total. The Morgan fingerprint density at radius 1 is 1.12 bits per heavy atom. The Balaban J connectivity index is 1.36. The second-order valence-electron chi connectivity index (χ2n) is 8.90. The number of carbonyl (C=O) groups is 2. The third-order valence-electron chi connectivity index (χ3n) is 6.71. The van der Waals surface area contributed by atoms with Gasteiger partial charge in [0.1, 0.15) is 5.82 Å². The fourth-order valence-electron chi connectivity index (χ4n) is 4.81. The van der Waals surface area contributed by atoms with Crippen LogP contribution in [0.1, 0.15) is 31.2 Å². The average Bonchev–Trinajstić information content (AvgIpc) is 3.23. The zero-order chi connectivity index (χ0) is 24.1. The van der Waals surface area contributed by atoms with E-state index in [0.717, 1.165) is 24.5 Å². The topological polar surface area (TPSA) is 84.0 Å². The van der Waals surface area contributed by atoms with Gasteiger partial charge in [-0.2, -0.15) is 0 Å². The standard InChI is InChI=1S/C25H31ClN4O4/c1-33-20-5-3-18(15-21(20)34-2)16-25(9-7-23(31)28-25)10-8-24(32)30-13-11-29(12-14-30)22-6-4-19(26)17-27-22/h3-6,15,17H,7-14,16H2,1-2H3,(H,28,31)/t25-/m0/s1. The van der Waals surface area contributed by atoms with Gasteiger partial charge in [0.2, 0.25) is 11.8 Å². The van der Waals surface area contributed by atoms with Gasteiger partial charge < -0.3 is 24.6 Å². The number of pyridine rings is 1. The molecule has 2 saturated heterocycles. The van der Waals surface area contributed by atoms with E-state index >= 15 is 0 Å². The van der Waals surface area contributed by atoms with Crippen molar-refractivity contribution >= 4 is 29.2 Å². The van der Waals surface area contributed by atoms with E-state index in [1.165, 1.54) is 0 Å². The first-order valence-corrected chi connectivity index (χ1v) is 12.0. The van der Waals surface area contributed by atoms with Crippen molar-refractivity contribution in [3.63, 3.8) is 0 Å². The van der Waals surface area contributed by atoms with Crippen molar-refractivity contribution in [2.75, 3.05) is 45.3 Å². The highest BCUT2D eigenvalue weighted by Crippen LogP contribution is 2.34. The molecule has 2 aliphatic heterocycles. The van der Waals surface area contributed by atoms with Gasteiger partial charge >= 0.3 is 0 Å². The zero-order valence-corrected chi connectivity index (χ0v) is 20.4. The molecular formula is C25H31ClN4O4. The third kappa shape index (κ3) is 5.55. The highest BCUT2D eigenvalue weighted by atomic mass is 35.5. The molecule has 2 aromatic rings. The van der Waals surface area contributed by atoms with Crippen molar-refractivity contribution in [2.24, 2.45) is 0 Å². The molecule has 1 aromatic heterocycles. The van der Waals surface area contributed by atoms with Gasteiger partial charge in [-0.3, -0.25) is 9.59 Å². The summed E-state index contributed by atoms with van der Waals surface area (Å²) in [6.45, 7) is 2.76. The highest BCUT2D eigenvalue weighted by Gasteiger charge is 2.38. The first-order chi connectivity index (χ1) is 16.4. The van der Waals surface area contributed by atoms with Gasteiger partial charge in [-0.25, -0.2) is 4.98 Å². The molecule has 9 heteroatoms. The van der Waals surface area contributed by atoms with E-state index < -0.39 is 5.54 Å². The van der Waals surface area contributed by atoms with Crippen molar-refractivity contribution in [3.05, 3.63) is 47.1 Å². The first kappa shape index (κ1) is 24.1. The summed E-state index contributed by atoms with van der Waals surface area (Å²) in [4.78, 5) is 33.6. The third-order valence-corrected chi connectivity index (χ3v) is 6.93. The number of piperazine rings is 1. The number of nitrogens with zero attached hydrogens (tertiary/aromatic N) is 3. The van der Waals surface area contributed by atoms with Crippen LogP contribution in [0.15, 0.2) is 36.5 Å². The predicted octanol–water partition coefficient (Wildman–Crippen LogP) is 3.07. The van der Waals surface area contributed by atoms with Crippen molar-refractivity contribution in [1.29, 1.82) is 0 Å². The molecule has 2 aliphatic rings. The number of rotatable bonds is 8. The maximum Gasteiger partial charge on any atom is 0.222 e. The van der Waals surface area contributed by atoms with Crippen LogP contribution in [0.25, 0.3) is 0 Å². The van der Waals surface area contributed by atoms with Gasteiger partial charge in [0.15, 0.2) is 11.5 Å². The molecule has 2 fully saturated rings. The highest BCUT2D eigenvalue weighted by molar-refractivity contribution is 6.30. The van der Waals surface area contributed by atoms with Gasteiger partial charge in [0.25, 0.3) is 0 Å². The SMILES string of the molecule is COc1ccc(C[C@@]2(CCC(=O)N3CCN(c4ccc(Cl)cn4)CC3)CCC(=O)N2)cc1OC. The predicted molar refractivity (Wildman–Crippen MR) is 131 cm³/mol. The number of ether oxygens (including phenoxy) is 2. The first-order valence-electron chi connectivity index (χ1n) is 11.6. The Hall–Kier alpha value is -3.00. The molecule has 2 amide bonds. The largest absolute Gasteiger partial charge is 0.493 e. The number of benzene rings is 1. The molecule has 0 saturated carbocycles. The van der Waals surface area contributed by atoms with E-state index in [2.05, 4.69) is 15.2 Å². The number of methoxy groups -OCH3 is 2. The lowest BCUT2D eigenvalue weighted by atomic mass is 9.84. The van der Waals surface area contributed by atoms with E-state index in [0.29, 0.717) is 61.7 Å². The average molecular weight is 487 g/mol. The summed E-state index contributed by atoms with van der Waals surface area (Å²) < 4.78 is 10.8. The van der Waals surface area contributed by atoms with E-state index in [9.17, 15) is 9.59 Å². The van der Waals surface area contributed by atoms with Crippen LogP contribution in [-0.4, -0.2) is 67.6 Å². The molecule has 3 heterocycles. The Bertz CT molecular complexity index is 1020. The number of hydrogen-bond acceptors (Lipinski definition) is 6. The summed E-state index contributed by atoms with van der Waals surface area (Å²) in [6, 6.07) is 9.53. The Labute approximate surface area is 205 Å². The molecule has 182 valence electrons. The fraction of sp³-hybridized carbons (Fsp3) is 0.480. The monoisotopic (exact) mass is 486 g/mol. The Kier molecular flexibility index (Phi) is 7.46. The number of carbonyl (C=O) groups excluding carboxylic acids is 2. The van der Waals surface area contributed by atoms with Gasteiger partial charge in [-0.1, -0.05) is 17.7 Å². The lowest BCUT2D eigenvalue weighted by Gasteiger charge is -2.36. The lowest BCUT2D eigenvalue weighted by molar-refractivity contribution is -0.132. The smallest absolute Gasteiger partial charge is 0.222 e. The fourth-order valence-corrected chi connectivity index (χ4v) is 4.92. The molecule has 0 unspecified atom stereocenters. The molecular weight excluding hydrogens is 456 g/mol. The van der Waals surface area contributed by atoms with Crippen molar-refractivity contribution in [3.8, 4) is 11.5 Å². The van der Waals surface area contributed by atoms with Crippen LogP contribution in [0.5, 0.6) is 11.5 Å². The van der Waals surface area contributed by atoms with Crippen molar-refractivity contribution in [1.82, 2.24) is 15.2 Å². The quantitative estimate of drug-likeness (QED) is 0.617.